The van der Waals surface area contributed by atoms with Crippen LogP contribution in [0.1, 0.15) is 19.3 Å². The summed E-state index contributed by atoms with van der Waals surface area (Å²) in [5.41, 5.74) is 2.32. The van der Waals surface area contributed by atoms with E-state index in [4.69, 9.17) is 5.11 Å². The van der Waals surface area contributed by atoms with E-state index in [0.717, 1.165) is 25.2 Å². The van der Waals surface area contributed by atoms with Crippen LogP contribution in [0.15, 0.2) is 11.4 Å². The summed E-state index contributed by atoms with van der Waals surface area (Å²) >= 11 is 0. The molecule has 0 aromatic heterocycles. The van der Waals surface area contributed by atoms with Crippen molar-refractivity contribution in [3.8, 4) is 0 Å². The molecule has 66 valence electrons. The number of carbonyl (C=O) groups is 1. The van der Waals surface area contributed by atoms with E-state index in [1.54, 1.807) is 0 Å². The van der Waals surface area contributed by atoms with E-state index < -0.39 is 5.97 Å². The van der Waals surface area contributed by atoms with Crippen molar-refractivity contribution in [1.82, 2.24) is 10.6 Å². The van der Waals surface area contributed by atoms with Gasteiger partial charge in [0.2, 0.25) is 0 Å². The highest BCUT2D eigenvalue weighted by atomic mass is 16.4. The molecule has 3 N–H and O–H groups in total. The average molecular weight is 168 g/mol. The molecule has 0 aromatic carbocycles. The Labute approximate surface area is 70.6 Å². The minimum Gasteiger partial charge on any atom is -0.481 e. The minimum absolute atomic E-state index is 0.184. The number of rotatable bonds is 1. The van der Waals surface area contributed by atoms with Crippen molar-refractivity contribution in [1.29, 1.82) is 0 Å². The first kappa shape index (κ1) is 7.46. The summed E-state index contributed by atoms with van der Waals surface area (Å²) in [6, 6.07) is 0. The molecule has 2 aliphatic rings. The predicted octanol–water partition coefficient (Wildman–Crippen LogP) is 0.233. The summed E-state index contributed by atoms with van der Waals surface area (Å²) in [4.78, 5) is 10.7. The molecule has 1 atom stereocenters. The Hall–Kier alpha value is -1.19. The zero-order chi connectivity index (χ0) is 8.55. The van der Waals surface area contributed by atoms with E-state index >= 15 is 0 Å². The van der Waals surface area contributed by atoms with Gasteiger partial charge in [-0.2, -0.15) is 0 Å². The molecule has 0 fully saturated rings. The van der Waals surface area contributed by atoms with Gasteiger partial charge in [-0.1, -0.05) is 0 Å². The topological polar surface area (TPSA) is 61.4 Å². The molecule has 0 spiro atoms. The lowest BCUT2D eigenvalue weighted by Gasteiger charge is -2.19. The first-order valence-electron chi connectivity index (χ1n) is 4.20. The van der Waals surface area contributed by atoms with Gasteiger partial charge in [-0.25, -0.2) is 0 Å². The van der Waals surface area contributed by atoms with Crippen LogP contribution in [0.4, 0.5) is 0 Å². The van der Waals surface area contributed by atoms with Crippen molar-refractivity contribution in [2.45, 2.75) is 19.3 Å². The third-order valence-electron chi connectivity index (χ3n) is 2.51. The molecule has 0 amide bonds. The zero-order valence-electron chi connectivity index (χ0n) is 6.76. The number of hydrogen-bond donors (Lipinski definition) is 3. The molecular weight excluding hydrogens is 156 g/mol. The number of aliphatic carboxylic acids is 1. The zero-order valence-corrected chi connectivity index (χ0v) is 6.76. The Bertz CT molecular complexity index is 247. The molecule has 0 aromatic rings. The third-order valence-corrected chi connectivity index (χ3v) is 2.51. The van der Waals surface area contributed by atoms with E-state index in [9.17, 15) is 4.79 Å². The lowest BCUT2D eigenvalue weighted by Crippen LogP contribution is -2.21. The first-order chi connectivity index (χ1) is 5.77. The third kappa shape index (κ3) is 1.13. The highest BCUT2D eigenvalue weighted by molar-refractivity contribution is 5.70. The SMILES string of the molecule is O=C(O)[C@@H]1CCC2=C(C1)NCN2. The molecule has 0 saturated heterocycles. The summed E-state index contributed by atoms with van der Waals surface area (Å²) in [7, 11) is 0. The fourth-order valence-corrected chi connectivity index (χ4v) is 1.78. The second-order valence-corrected chi connectivity index (χ2v) is 3.27. The van der Waals surface area contributed by atoms with Gasteiger partial charge in [-0.05, 0) is 12.8 Å². The van der Waals surface area contributed by atoms with Gasteiger partial charge in [0.1, 0.15) is 0 Å². The smallest absolute Gasteiger partial charge is 0.306 e. The summed E-state index contributed by atoms with van der Waals surface area (Å²) in [5.74, 6) is -0.855. The lowest BCUT2D eigenvalue weighted by atomic mass is 9.91. The fraction of sp³-hybridized carbons (Fsp3) is 0.625. The maximum absolute atomic E-state index is 10.7. The molecule has 0 bridgehead atoms. The molecule has 1 aliphatic heterocycles. The summed E-state index contributed by atoms with van der Waals surface area (Å²) in [6.07, 6.45) is 2.31. The number of nitrogens with one attached hydrogen (secondary N) is 2. The fourth-order valence-electron chi connectivity index (χ4n) is 1.78. The second-order valence-electron chi connectivity index (χ2n) is 3.27. The van der Waals surface area contributed by atoms with Gasteiger partial charge in [-0.15, -0.1) is 0 Å². The van der Waals surface area contributed by atoms with Crippen LogP contribution in [0.2, 0.25) is 0 Å². The number of allylic oxidation sites excluding steroid dienone is 2. The molecule has 4 heteroatoms. The van der Waals surface area contributed by atoms with Crippen LogP contribution in [-0.2, 0) is 4.79 Å². The summed E-state index contributed by atoms with van der Waals surface area (Å²) in [6.45, 7) is 0.761. The van der Waals surface area contributed by atoms with Gasteiger partial charge in [-0.3, -0.25) is 4.79 Å². The van der Waals surface area contributed by atoms with Gasteiger partial charge < -0.3 is 15.7 Å². The van der Waals surface area contributed by atoms with Gasteiger partial charge in [0.05, 0.1) is 12.6 Å². The normalized spacial score (nSPS) is 27.5. The van der Waals surface area contributed by atoms with E-state index in [0.29, 0.717) is 6.42 Å². The van der Waals surface area contributed by atoms with E-state index in [1.165, 1.54) is 5.70 Å². The minimum atomic E-state index is -0.671. The van der Waals surface area contributed by atoms with Crippen molar-refractivity contribution in [2.75, 3.05) is 6.67 Å². The molecule has 1 heterocycles. The van der Waals surface area contributed by atoms with Gasteiger partial charge in [0.25, 0.3) is 0 Å². The van der Waals surface area contributed by atoms with Gasteiger partial charge in [0.15, 0.2) is 0 Å². The summed E-state index contributed by atoms with van der Waals surface area (Å²) < 4.78 is 0. The van der Waals surface area contributed by atoms with Crippen LogP contribution in [0.5, 0.6) is 0 Å². The molecular formula is C8H12N2O2. The van der Waals surface area contributed by atoms with Crippen LogP contribution < -0.4 is 10.6 Å². The Morgan fingerprint density at radius 2 is 2.17 bits per heavy atom. The molecule has 0 unspecified atom stereocenters. The quantitative estimate of drug-likeness (QED) is 0.524. The van der Waals surface area contributed by atoms with Gasteiger partial charge >= 0.3 is 5.97 Å². The highest BCUT2D eigenvalue weighted by Gasteiger charge is 2.27. The standard InChI is InChI=1S/C8H12N2O2/c11-8(12)5-1-2-6-7(3-5)10-4-9-6/h5,9-10H,1-4H2,(H,11,12)/t5-/m1/s1. The van der Waals surface area contributed by atoms with Crippen LogP contribution in [-0.4, -0.2) is 17.7 Å². The molecule has 2 rings (SSSR count). The molecule has 0 saturated carbocycles. The molecule has 12 heavy (non-hydrogen) atoms. The lowest BCUT2D eigenvalue weighted by molar-refractivity contribution is -0.142. The number of hydrogen-bond acceptors (Lipinski definition) is 3. The Morgan fingerprint density at radius 3 is 2.92 bits per heavy atom. The van der Waals surface area contributed by atoms with Crippen LogP contribution in [0, 0.1) is 5.92 Å². The summed E-state index contributed by atoms with van der Waals surface area (Å²) in [5, 5.41) is 15.1. The van der Waals surface area contributed by atoms with E-state index in [2.05, 4.69) is 10.6 Å². The van der Waals surface area contributed by atoms with Crippen LogP contribution in [0.25, 0.3) is 0 Å². The van der Waals surface area contributed by atoms with Gasteiger partial charge in [0, 0.05) is 17.8 Å². The number of carboxylic acids is 1. The Morgan fingerprint density at radius 1 is 1.42 bits per heavy atom. The first-order valence-corrected chi connectivity index (χ1v) is 4.20. The Balaban J connectivity index is 2.09. The largest absolute Gasteiger partial charge is 0.481 e. The molecule has 4 nitrogen and oxygen atoms in total. The highest BCUT2D eigenvalue weighted by Crippen LogP contribution is 2.28. The molecule has 1 aliphatic carbocycles. The molecule has 0 radical (unpaired) electrons. The van der Waals surface area contributed by atoms with E-state index in [-0.39, 0.29) is 5.92 Å². The van der Waals surface area contributed by atoms with Crippen LogP contribution in [0.3, 0.4) is 0 Å². The van der Waals surface area contributed by atoms with Crippen LogP contribution >= 0.6 is 0 Å². The maximum Gasteiger partial charge on any atom is 0.306 e. The second kappa shape index (κ2) is 2.69. The van der Waals surface area contributed by atoms with Crippen molar-refractivity contribution >= 4 is 5.97 Å². The Kier molecular flexibility index (Phi) is 1.67. The average Bonchev–Trinajstić information content (AvgIpc) is 2.49. The van der Waals surface area contributed by atoms with Crippen molar-refractivity contribution in [2.24, 2.45) is 5.92 Å². The monoisotopic (exact) mass is 168 g/mol. The van der Waals surface area contributed by atoms with Crippen molar-refractivity contribution < 1.29 is 9.90 Å². The van der Waals surface area contributed by atoms with E-state index in [1.807, 2.05) is 0 Å². The maximum atomic E-state index is 10.7. The van der Waals surface area contributed by atoms with Crippen molar-refractivity contribution in [3.05, 3.63) is 11.4 Å². The predicted molar refractivity (Wildman–Crippen MR) is 43.1 cm³/mol. The number of carboxylic acid groups (broad SMARTS) is 1. The van der Waals surface area contributed by atoms with Crippen molar-refractivity contribution in [3.63, 3.8) is 0 Å².